The summed E-state index contributed by atoms with van der Waals surface area (Å²) in [4.78, 5) is 27.1. The van der Waals surface area contributed by atoms with E-state index < -0.39 is 0 Å². The molecule has 3 atom stereocenters. The molecule has 138 valence electrons. The fourth-order valence-corrected chi connectivity index (χ4v) is 8.62. The van der Waals surface area contributed by atoms with Crippen molar-refractivity contribution in [3.8, 4) is 0 Å². The maximum atomic E-state index is 13.1. The molecule has 4 bridgehead atoms. The van der Waals surface area contributed by atoms with Crippen LogP contribution in [0.25, 0.3) is 0 Å². The topological polar surface area (TPSA) is 49.4 Å². The first-order valence-corrected chi connectivity index (χ1v) is 11.1. The molecule has 6 rings (SSSR count). The Labute approximate surface area is 154 Å². The van der Waals surface area contributed by atoms with Gasteiger partial charge in [0, 0.05) is 18.2 Å². The molecule has 2 aliphatic heterocycles. The second kappa shape index (κ2) is 5.40. The van der Waals surface area contributed by atoms with Crippen LogP contribution in [-0.2, 0) is 9.59 Å². The summed E-state index contributed by atoms with van der Waals surface area (Å²) in [6, 6.07) is -0.0238. The van der Waals surface area contributed by atoms with E-state index in [0.717, 1.165) is 29.9 Å². The minimum atomic E-state index is -0.263. The minimum Gasteiger partial charge on any atom is -0.351 e. The van der Waals surface area contributed by atoms with Crippen molar-refractivity contribution >= 4 is 23.6 Å². The molecule has 0 unspecified atom stereocenters. The Balaban J connectivity index is 1.31. The zero-order chi connectivity index (χ0) is 17.4. The van der Waals surface area contributed by atoms with Gasteiger partial charge in [0.2, 0.25) is 11.8 Å². The highest BCUT2D eigenvalue weighted by Gasteiger charge is 2.55. The smallest absolute Gasteiger partial charge is 0.243 e. The molecule has 6 fully saturated rings. The largest absolute Gasteiger partial charge is 0.351 e. The van der Waals surface area contributed by atoms with Crippen LogP contribution in [0, 0.1) is 23.2 Å². The van der Waals surface area contributed by atoms with Crippen LogP contribution < -0.4 is 5.32 Å². The van der Waals surface area contributed by atoms with Gasteiger partial charge in [0.05, 0.1) is 4.87 Å². The summed E-state index contributed by atoms with van der Waals surface area (Å²) >= 11 is 1.79. The van der Waals surface area contributed by atoms with E-state index in [4.69, 9.17) is 0 Å². The van der Waals surface area contributed by atoms with Crippen molar-refractivity contribution in [2.75, 3.05) is 5.75 Å². The van der Waals surface area contributed by atoms with Gasteiger partial charge in [-0.15, -0.1) is 11.8 Å². The van der Waals surface area contributed by atoms with Gasteiger partial charge >= 0.3 is 0 Å². The van der Waals surface area contributed by atoms with Crippen molar-refractivity contribution in [2.45, 2.75) is 82.2 Å². The maximum Gasteiger partial charge on any atom is 0.243 e. The van der Waals surface area contributed by atoms with E-state index in [2.05, 4.69) is 19.2 Å². The maximum absolute atomic E-state index is 13.1. The number of carbonyl (C=O) groups excluding carboxylic acids is 2. The van der Waals surface area contributed by atoms with Crippen molar-refractivity contribution in [3.63, 3.8) is 0 Å². The number of thioether (sulfide) groups is 1. The number of carbonyl (C=O) groups is 2. The molecule has 0 spiro atoms. The zero-order valence-corrected chi connectivity index (χ0v) is 16.2. The molecule has 2 saturated heterocycles. The Kier molecular flexibility index (Phi) is 3.56. The summed E-state index contributed by atoms with van der Waals surface area (Å²) < 4.78 is 0. The van der Waals surface area contributed by atoms with E-state index in [1.165, 1.54) is 38.5 Å². The Bertz CT molecular complexity index is 586. The number of nitrogens with zero attached hydrogens (tertiary/aromatic N) is 1. The summed E-state index contributed by atoms with van der Waals surface area (Å²) in [5.41, 5.74) is 0.328. The average Bonchev–Trinajstić information content (AvgIpc) is 3.03. The number of hydrogen-bond donors (Lipinski definition) is 1. The van der Waals surface area contributed by atoms with Crippen LogP contribution in [0.1, 0.15) is 65.2 Å². The van der Waals surface area contributed by atoms with Gasteiger partial charge in [-0.3, -0.25) is 9.59 Å². The Morgan fingerprint density at radius 2 is 1.80 bits per heavy atom. The summed E-state index contributed by atoms with van der Waals surface area (Å²) in [6.07, 6.45) is 9.68. The molecule has 2 amide bonds. The molecule has 0 aromatic rings. The number of hydrogen-bond acceptors (Lipinski definition) is 3. The molecule has 0 radical (unpaired) electrons. The molecule has 5 heteroatoms. The quantitative estimate of drug-likeness (QED) is 0.839. The van der Waals surface area contributed by atoms with Gasteiger partial charge in [0.25, 0.3) is 0 Å². The van der Waals surface area contributed by atoms with E-state index in [1.807, 2.05) is 4.90 Å². The van der Waals surface area contributed by atoms with Crippen LogP contribution in [0.3, 0.4) is 0 Å². The molecule has 4 saturated carbocycles. The first-order valence-electron chi connectivity index (χ1n) is 10.2. The van der Waals surface area contributed by atoms with Crippen molar-refractivity contribution in [1.29, 1.82) is 0 Å². The van der Waals surface area contributed by atoms with Gasteiger partial charge in [-0.1, -0.05) is 0 Å². The van der Waals surface area contributed by atoms with E-state index in [9.17, 15) is 9.59 Å². The Morgan fingerprint density at radius 3 is 2.40 bits per heavy atom. The highest BCUT2D eigenvalue weighted by atomic mass is 32.2. The molecule has 0 aromatic heterocycles. The molecule has 4 nitrogen and oxygen atoms in total. The van der Waals surface area contributed by atoms with Gasteiger partial charge in [0.15, 0.2) is 0 Å². The third-order valence-electron chi connectivity index (χ3n) is 8.11. The first kappa shape index (κ1) is 16.5. The van der Waals surface area contributed by atoms with Crippen LogP contribution in [-0.4, -0.2) is 39.4 Å². The van der Waals surface area contributed by atoms with Crippen molar-refractivity contribution in [2.24, 2.45) is 23.2 Å². The van der Waals surface area contributed by atoms with Crippen molar-refractivity contribution in [3.05, 3.63) is 0 Å². The van der Waals surface area contributed by atoms with Gasteiger partial charge in [-0.2, -0.15) is 0 Å². The van der Waals surface area contributed by atoms with E-state index >= 15 is 0 Å². The highest BCUT2D eigenvalue weighted by molar-refractivity contribution is 8.01. The second-order valence-corrected chi connectivity index (χ2v) is 11.3. The van der Waals surface area contributed by atoms with E-state index in [0.29, 0.717) is 11.8 Å². The molecule has 6 aliphatic rings. The molecule has 1 N–H and O–H groups in total. The van der Waals surface area contributed by atoms with Crippen LogP contribution >= 0.6 is 11.8 Å². The number of fused-ring (bicyclic) bond motifs is 1. The third-order valence-corrected chi connectivity index (χ3v) is 9.62. The number of rotatable bonds is 3. The SMILES string of the molecule is C[C@H](NC(=O)[C@@H]1CS[C@@]2(C)CCC(=O)N12)C12CC3CC(CC(C3)C1)C2. The predicted molar refractivity (Wildman–Crippen MR) is 98.9 cm³/mol. The predicted octanol–water partition coefficient (Wildman–Crippen LogP) is 3.16. The van der Waals surface area contributed by atoms with E-state index in [1.54, 1.807) is 11.8 Å². The number of nitrogens with one attached hydrogen (secondary N) is 1. The number of amides is 2. The summed E-state index contributed by atoms with van der Waals surface area (Å²) in [6.45, 7) is 4.36. The standard InChI is InChI=1S/C20H30N2O2S/c1-12(20-8-13-5-14(9-20)7-15(6-13)10-20)21-18(24)16-11-25-19(2)4-3-17(23)22(16)19/h12-16H,3-11H2,1-2H3,(H,21,24)/t12-,13?,14?,15?,16-,19-,20?/m0/s1. The average molecular weight is 363 g/mol. The zero-order valence-electron chi connectivity index (χ0n) is 15.4. The molecule has 2 heterocycles. The van der Waals surface area contributed by atoms with Crippen LogP contribution in [0.4, 0.5) is 0 Å². The van der Waals surface area contributed by atoms with Crippen molar-refractivity contribution in [1.82, 2.24) is 10.2 Å². The van der Waals surface area contributed by atoms with Gasteiger partial charge in [0.1, 0.15) is 6.04 Å². The van der Waals surface area contributed by atoms with E-state index in [-0.39, 0.29) is 28.8 Å². The molecule has 4 aliphatic carbocycles. The fourth-order valence-electron chi connectivity index (χ4n) is 7.19. The lowest BCUT2D eigenvalue weighted by Crippen LogP contribution is -2.59. The summed E-state index contributed by atoms with van der Waals surface area (Å²) in [5.74, 6) is 3.70. The Morgan fingerprint density at radius 1 is 1.20 bits per heavy atom. The van der Waals surface area contributed by atoms with Crippen LogP contribution in [0.2, 0.25) is 0 Å². The molecule has 0 aromatic carbocycles. The highest BCUT2D eigenvalue weighted by Crippen LogP contribution is 2.61. The van der Waals surface area contributed by atoms with Gasteiger partial charge < -0.3 is 10.2 Å². The molecular weight excluding hydrogens is 332 g/mol. The Hall–Kier alpha value is -0.710. The van der Waals surface area contributed by atoms with Crippen LogP contribution in [0.15, 0.2) is 0 Å². The lowest BCUT2D eigenvalue weighted by Gasteiger charge is -2.59. The lowest BCUT2D eigenvalue weighted by molar-refractivity contribution is -0.139. The van der Waals surface area contributed by atoms with Crippen molar-refractivity contribution < 1.29 is 9.59 Å². The van der Waals surface area contributed by atoms with Gasteiger partial charge in [-0.05, 0) is 82.0 Å². The summed E-state index contributed by atoms with van der Waals surface area (Å²) in [5, 5.41) is 3.38. The fraction of sp³-hybridized carbons (Fsp3) is 0.900. The first-order chi connectivity index (χ1) is 11.9. The monoisotopic (exact) mass is 362 g/mol. The molecule has 25 heavy (non-hydrogen) atoms. The third kappa shape index (κ3) is 2.40. The van der Waals surface area contributed by atoms with Crippen LogP contribution in [0.5, 0.6) is 0 Å². The molecular formula is C20H30N2O2S. The second-order valence-electron chi connectivity index (χ2n) is 9.78. The lowest BCUT2D eigenvalue weighted by atomic mass is 9.48. The minimum absolute atomic E-state index is 0.0923. The summed E-state index contributed by atoms with van der Waals surface area (Å²) in [7, 11) is 0. The van der Waals surface area contributed by atoms with Gasteiger partial charge in [-0.25, -0.2) is 0 Å². The normalized spacial score (nSPS) is 48.7.